The zero-order valence-corrected chi connectivity index (χ0v) is 29.1. The number of rotatable bonds is 10. The Bertz CT molecular complexity index is 1900. The van der Waals surface area contributed by atoms with Gasteiger partial charge in [-0.3, -0.25) is 9.36 Å². The number of carbonyl (C=O) groups is 1. The summed E-state index contributed by atoms with van der Waals surface area (Å²) in [5.74, 6) is 0.914. The quantitative estimate of drug-likeness (QED) is 0.150. The molecule has 0 amide bonds. The molecule has 0 bridgehead atoms. The Labute approximate surface area is 284 Å². The molecule has 1 aliphatic rings. The zero-order chi connectivity index (χ0) is 31.4. The van der Waals surface area contributed by atoms with Gasteiger partial charge in [0, 0.05) is 6.20 Å². The molecule has 5 rings (SSSR count). The van der Waals surface area contributed by atoms with Crippen LogP contribution in [0.3, 0.4) is 0 Å². The van der Waals surface area contributed by atoms with Crippen molar-refractivity contribution in [1.82, 2.24) is 4.57 Å². The minimum atomic E-state index is -0.779. The first-order valence-corrected chi connectivity index (χ1v) is 16.6. The number of ether oxygens (including phenoxy) is 4. The second kappa shape index (κ2) is 14.2. The van der Waals surface area contributed by atoms with E-state index >= 15 is 0 Å². The largest absolute Gasteiger partial charge is 0.490 e. The Balaban J connectivity index is 1.54. The van der Waals surface area contributed by atoms with Crippen LogP contribution in [-0.2, 0) is 16.1 Å². The summed E-state index contributed by atoms with van der Waals surface area (Å²) in [6.45, 7) is 4.93. The van der Waals surface area contributed by atoms with Crippen molar-refractivity contribution in [1.29, 1.82) is 0 Å². The first-order chi connectivity index (χ1) is 21.2. The van der Waals surface area contributed by atoms with E-state index < -0.39 is 12.0 Å². The van der Waals surface area contributed by atoms with Gasteiger partial charge in [-0.05, 0) is 118 Å². The molecule has 2 heterocycles. The Kier molecular flexibility index (Phi) is 10.4. The first kappa shape index (κ1) is 32.2. The lowest BCUT2D eigenvalue weighted by Crippen LogP contribution is -2.39. The first-order valence-electron chi connectivity index (χ1n) is 13.6. The van der Waals surface area contributed by atoms with E-state index in [0.717, 1.165) is 18.3 Å². The van der Waals surface area contributed by atoms with Gasteiger partial charge in [-0.25, -0.2) is 14.2 Å². The van der Waals surface area contributed by atoms with Gasteiger partial charge in [-0.1, -0.05) is 29.5 Å². The van der Waals surface area contributed by atoms with Crippen LogP contribution < -0.4 is 29.1 Å². The number of nitrogens with zero attached hydrogens (tertiary/aromatic N) is 2. The summed E-state index contributed by atoms with van der Waals surface area (Å²) < 4.78 is 39.6. The van der Waals surface area contributed by atoms with Crippen LogP contribution in [0.2, 0.25) is 0 Å². The molecule has 0 aliphatic carbocycles. The minimum Gasteiger partial charge on any atom is -0.490 e. The molecule has 1 aliphatic heterocycles. The van der Waals surface area contributed by atoms with Crippen LogP contribution in [0.1, 0.15) is 36.6 Å². The third-order valence-electron chi connectivity index (χ3n) is 6.62. The maximum Gasteiger partial charge on any atom is 0.337 e. The number of hydrogen-bond donors (Lipinski definition) is 0. The molecule has 0 fully saturated rings. The predicted octanol–water partition coefficient (Wildman–Crippen LogP) is 5.74. The van der Waals surface area contributed by atoms with Gasteiger partial charge in [0.2, 0.25) is 0 Å². The third-order valence-corrected chi connectivity index (χ3v) is 9.22. The number of aromatic nitrogens is 1. The highest BCUT2D eigenvalue weighted by Gasteiger charge is 2.31. The number of fused-ring (bicyclic) bond motifs is 1. The SMILES string of the molecule is CCOc1ccc([C@H]2C(C(=O)OC)=CN=c3s/c(=C\c4cc(I)c(OCc5ccc(F)cc5)c(I)c4)c(=O)n32)cc1OCC. The van der Waals surface area contributed by atoms with Crippen molar-refractivity contribution in [3.8, 4) is 17.2 Å². The topological polar surface area (TPSA) is 88.4 Å². The van der Waals surface area contributed by atoms with E-state index in [2.05, 4.69) is 50.2 Å². The Morgan fingerprint density at radius 3 is 2.34 bits per heavy atom. The van der Waals surface area contributed by atoms with Crippen LogP contribution in [0.4, 0.5) is 4.39 Å². The molecule has 4 aromatic rings. The van der Waals surface area contributed by atoms with E-state index in [0.29, 0.717) is 52.0 Å². The van der Waals surface area contributed by atoms with Crippen molar-refractivity contribution < 1.29 is 28.1 Å². The van der Waals surface area contributed by atoms with Gasteiger partial charge in [0.05, 0.1) is 43.6 Å². The number of hydrogen-bond acceptors (Lipinski definition) is 8. The van der Waals surface area contributed by atoms with Crippen LogP contribution >= 0.6 is 56.5 Å². The average Bonchev–Trinajstić information content (AvgIpc) is 3.32. The van der Waals surface area contributed by atoms with E-state index in [1.54, 1.807) is 30.3 Å². The lowest BCUT2D eigenvalue weighted by atomic mass is 9.97. The molecule has 0 N–H and O–H groups in total. The third kappa shape index (κ3) is 6.86. The molecule has 0 saturated heterocycles. The molecule has 12 heteroatoms. The van der Waals surface area contributed by atoms with E-state index in [-0.39, 0.29) is 16.9 Å². The van der Waals surface area contributed by atoms with E-state index in [1.807, 2.05) is 32.0 Å². The molecule has 1 atom stereocenters. The normalized spacial score (nSPS) is 14.4. The number of esters is 1. The van der Waals surface area contributed by atoms with Crippen molar-refractivity contribution in [2.24, 2.45) is 4.99 Å². The summed E-state index contributed by atoms with van der Waals surface area (Å²) in [5, 5.41) is 0. The number of carbonyl (C=O) groups excluding carboxylic acids is 1. The Hall–Kier alpha value is -3.24. The van der Waals surface area contributed by atoms with Gasteiger partial charge in [0.1, 0.15) is 18.2 Å². The zero-order valence-electron chi connectivity index (χ0n) is 23.9. The molecule has 228 valence electrons. The monoisotopic (exact) mass is 840 g/mol. The summed E-state index contributed by atoms with van der Waals surface area (Å²) in [6.07, 6.45) is 3.27. The molecule has 3 aromatic carbocycles. The number of thiazole rings is 1. The molecule has 0 spiro atoms. The fourth-order valence-electron chi connectivity index (χ4n) is 4.68. The van der Waals surface area contributed by atoms with Crippen LogP contribution in [0.5, 0.6) is 17.2 Å². The van der Waals surface area contributed by atoms with Gasteiger partial charge in [0.15, 0.2) is 16.3 Å². The highest BCUT2D eigenvalue weighted by molar-refractivity contribution is 14.1. The lowest BCUT2D eigenvalue weighted by molar-refractivity contribution is -0.136. The van der Waals surface area contributed by atoms with Gasteiger partial charge in [-0.15, -0.1) is 0 Å². The summed E-state index contributed by atoms with van der Waals surface area (Å²) >= 11 is 5.64. The summed E-state index contributed by atoms with van der Waals surface area (Å²) in [4.78, 5) is 31.7. The van der Waals surface area contributed by atoms with Crippen molar-refractivity contribution in [2.75, 3.05) is 20.3 Å². The summed E-state index contributed by atoms with van der Waals surface area (Å²) in [5.41, 5.74) is 2.25. The van der Waals surface area contributed by atoms with E-state index in [1.165, 1.54) is 41.3 Å². The second-order valence-corrected chi connectivity index (χ2v) is 12.8. The molecule has 1 aromatic heterocycles. The molecule has 0 unspecified atom stereocenters. The van der Waals surface area contributed by atoms with Crippen molar-refractivity contribution in [3.63, 3.8) is 0 Å². The molecule has 44 heavy (non-hydrogen) atoms. The molecule has 8 nitrogen and oxygen atoms in total. The van der Waals surface area contributed by atoms with Gasteiger partial charge in [0.25, 0.3) is 5.56 Å². The van der Waals surface area contributed by atoms with Crippen molar-refractivity contribution in [3.05, 3.63) is 116 Å². The minimum absolute atomic E-state index is 0.227. The smallest absolute Gasteiger partial charge is 0.337 e. The van der Waals surface area contributed by atoms with Crippen LogP contribution in [0.15, 0.2) is 76.2 Å². The molecule has 0 radical (unpaired) electrons. The maximum atomic E-state index is 14.0. The van der Waals surface area contributed by atoms with Crippen molar-refractivity contribution in [2.45, 2.75) is 26.5 Å². The van der Waals surface area contributed by atoms with Crippen LogP contribution in [0.25, 0.3) is 6.08 Å². The highest BCUT2D eigenvalue weighted by atomic mass is 127. The molecule has 0 saturated carbocycles. The van der Waals surface area contributed by atoms with Gasteiger partial charge >= 0.3 is 5.97 Å². The maximum absolute atomic E-state index is 14.0. The number of methoxy groups -OCH3 is 1. The molecular formula is C32H27FI2N2O6S. The summed E-state index contributed by atoms with van der Waals surface area (Å²) in [6, 6.07) is 14.6. The van der Waals surface area contributed by atoms with E-state index in [4.69, 9.17) is 18.9 Å². The standard InChI is InChI=1S/C32H27FI2N2O6S/c1-4-41-25-11-8-20(15-26(25)42-5-2)28-22(31(39)40-3)16-36-32-37(28)30(38)27(44-32)14-19-12-23(34)29(24(35)13-19)43-17-18-6-9-21(33)10-7-18/h6-16,28H,4-5,17H2,1-3H3/b27-14-/t28-/m0/s1. The fraction of sp³-hybridized carbons (Fsp3) is 0.219. The van der Waals surface area contributed by atoms with E-state index in [9.17, 15) is 14.0 Å². The van der Waals surface area contributed by atoms with Crippen LogP contribution in [0, 0.1) is 13.0 Å². The van der Waals surface area contributed by atoms with Crippen LogP contribution in [-0.4, -0.2) is 30.9 Å². The van der Waals surface area contributed by atoms with Crippen molar-refractivity contribution >= 4 is 68.6 Å². The second-order valence-electron chi connectivity index (χ2n) is 9.48. The Morgan fingerprint density at radius 1 is 1.00 bits per heavy atom. The fourth-order valence-corrected chi connectivity index (χ4v) is 7.77. The Morgan fingerprint density at radius 2 is 1.68 bits per heavy atom. The average molecular weight is 840 g/mol. The highest BCUT2D eigenvalue weighted by Crippen LogP contribution is 2.35. The molecular weight excluding hydrogens is 813 g/mol. The number of benzene rings is 3. The predicted molar refractivity (Wildman–Crippen MR) is 183 cm³/mol. The summed E-state index contributed by atoms with van der Waals surface area (Å²) in [7, 11) is 1.30. The van der Waals surface area contributed by atoms with Gasteiger partial charge in [-0.2, -0.15) is 0 Å². The number of halogens is 3. The van der Waals surface area contributed by atoms with Gasteiger partial charge < -0.3 is 18.9 Å². The lowest BCUT2D eigenvalue weighted by Gasteiger charge is -2.23.